The normalized spacial score (nSPS) is 10.0. The van der Waals surface area contributed by atoms with Gasteiger partial charge in [-0.2, -0.15) is 8.80 Å². The number of aryl methyl sites for hydroxylation is 2. The molecule has 4 heterocycles. The summed E-state index contributed by atoms with van der Waals surface area (Å²) in [5, 5.41) is 4.43. The van der Waals surface area contributed by atoms with Gasteiger partial charge in [0.2, 0.25) is 0 Å². The molecule has 0 saturated heterocycles. The molecule has 0 saturated carbocycles. The summed E-state index contributed by atoms with van der Waals surface area (Å²) in [7, 11) is 0. The van der Waals surface area contributed by atoms with Crippen LogP contribution in [0.15, 0.2) is 144 Å². The third-order valence-electron chi connectivity index (χ3n) is 7.89. The van der Waals surface area contributed by atoms with Gasteiger partial charge >= 0.3 is 9.92 Å². The van der Waals surface area contributed by atoms with Crippen LogP contribution in [0.1, 0.15) is 22.5 Å². The molecule has 0 fully saturated rings. The number of fused-ring (bicyclic) bond motifs is 2. The number of nitrogens with zero attached hydrogens (tertiary/aromatic N) is 4. The monoisotopic (exact) mass is 734 g/mol. The number of hydrogen-bond acceptors (Lipinski definition) is 2. The van der Waals surface area contributed by atoms with Gasteiger partial charge in [0.05, 0.1) is 0 Å². The highest BCUT2D eigenvalue weighted by Gasteiger charge is 2.23. The van der Waals surface area contributed by atoms with Gasteiger partial charge in [-0.25, -0.2) is 9.13 Å². The van der Waals surface area contributed by atoms with E-state index < -0.39 is 0 Å². The Morgan fingerprint density at radius 1 is 0.469 bits per heavy atom. The number of aromatic nitrogens is 4. The van der Waals surface area contributed by atoms with Crippen LogP contribution in [0.3, 0.4) is 0 Å². The van der Waals surface area contributed by atoms with Crippen molar-refractivity contribution in [3.63, 3.8) is 0 Å². The van der Waals surface area contributed by atoms with Gasteiger partial charge in [-0.1, -0.05) is 144 Å². The third kappa shape index (κ3) is 8.65. The average Bonchev–Trinajstić information content (AvgIpc) is 3.83. The van der Waals surface area contributed by atoms with Crippen LogP contribution in [-0.2, 0) is 13.1 Å². The van der Waals surface area contributed by atoms with Gasteiger partial charge in [0.15, 0.2) is 11.4 Å². The molecule has 0 aliphatic carbocycles. The van der Waals surface area contributed by atoms with Crippen LogP contribution in [-0.4, -0.2) is 25.2 Å². The molecule has 49 heavy (non-hydrogen) atoms. The zero-order valence-corrected chi connectivity index (χ0v) is 30.3. The van der Waals surface area contributed by atoms with Crippen molar-refractivity contribution in [2.24, 2.45) is 0 Å². The maximum Gasteiger partial charge on any atom is 0.346 e. The summed E-state index contributed by atoms with van der Waals surface area (Å²) in [6.07, 6.45) is 4.50. The minimum atomic E-state index is 0. The van der Waals surface area contributed by atoms with Crippen molar-refractivity contribution in [2.45, 2.75) is 26.9 Å². The van der Waals surface area contributed by atoms with Gasteiger partial charge in [0.1, 0.15) is 36.9 Å². The lowest BCUT2D eigenvalue weighted by Gasteiger charge is -2.02. The van der Waals surface area contributed by atoms with E-state index in [1.807, 2.05) is 0 Å². The highest BCUT2D eigenvalue weighted by Crippen LogP contribution is 2.24. The lowest BCUT2D eigenvalue weighted by atomic mass is 10.1. The largest absolute Gasteiger partial charge is 1.00 e. The van der Waals surface area contributed by atoms with Crippen LogP contribution >= 0.6 is 22.7 Å². The minimum absolute atomic E-state index is 0. The fourth-order valence-corrected chi connectivity index (χ4v) is 7.59. The zero-order chi connectivity index (χ0) is 29.9. The molecular formula is C38H40Cl2N4O3S2. The van der Waals surface area contributed by atoms with Crippen molar-refractivity contribution in [1.29, 1.82) is 0 Å². The van der Waals surface area contributed by atoms with Gasteiger partial charge in [-0.05, 0) is 25.0 Å². The minimum Gasteiger partial charge on any atom is -1.00 e. The van der Waals surface area contributed by atoms with Crippen molar-refractivity contribution >= 4 is 32.6 Å². The number of thiazole rings is 2. The first-order valence-electron chi connectivity index (χ1n) is 14.8. The molecule has 0 radical (unpaired) electrons. The van der Waals surface area contributed by atoms with Crippen molar-refractivity contribution in [3.8, 4) is 22.5 Å². The first kappa shape index (κ1) is 40.9. The topological polar surface area (TPSA) is 111 Å². The van der Waals surface area contributed by atoms with Gasteiger partial charge in [0.25, 0.3) is 0 Å². The van der Waals surface area contributed by atoms with E-state index in [1.54, 1.807) is 22.7 Å². The molecule has 0 unspecified atom stereocenters. The maximum absolute atomic E-state index is 2.41. The second kappa shape index (κ2) is 18.4. The fourth-order valence-electron chi connectivity index (χ4n) is 5.61. The third-order valence-corrected chi connectivity index (χ3v) is 10.1. The summed E-state index contributed by atoms with van der Waals surface area (Å²) in [4.78, 5) is 2.56. The van der Waals surface area contributed by atoms with Crippen LogP contribution in [0, 0.1) is 13.8 Å². The SMILES string of the molecule is Cc1csc2n1cc(-c1ccccc1)[n+]2Cc1ccccc1.Cc1csc2n1cc(-c1ccccc1)[n+]2Cc1ccccc1.O.O.O.[Cl-].[Cl-]. The quantitative estimate of drug-likeness (QED) is 0.217. The Labute approximate surface area is 306 Å². The van der Waals surface area contributed by atoms with E-state index in [0.717, 1.165) is 13.1 Å². The Kier molecular flexibility index (Phi) is 15.4. The summed E-state index contributed by atoms with van der Waals surface area (Å²) in [6.45, 7) is 6.10. The Hall–Kier alpha value is -4.32. The average molecular weight is 736 g/mol. The summed E-state index contributed by atoms with van der Waals surface area (Å²) in [6, 6.07) is 42.5. The summed E-state index contributed by atoms with van der Waals surface area (Å²) >= 11 is 3.60. The molecule has 4 aromatic carbocycles. The standard InChI is InChI=1S/2C19H17N2S.2ClH.3H2O/c2*1-15-14-22-19-20(15)13-18(17-10-6-3-7-11-17)21(19)12-16-8-4-2-5-9-16;;;;;/h2*2-11,13-14H,12H2,1H3;2*1H;3*1H2/q2*+1;;;;;/p-2. The van der Waals surface area contributed by atoms with E-state index in [9.17, 15) is 0 Å². The Bertz CT molecular complexity index is 1990. The molecule has 7 nitrogen and oxygen atoms in total. The highest BCUT2D eigenvalue weighted by atomic mass is 35.5. The summed E-state index contributed by atoms with van der Waals surface area (Å²) in [5.41, 5.74) is 10.3. The molecule has 0 atom stereocenters. The van der Waals surface area contributed by atoms with Crippen LogP contribution in [0.5, 0.6) is 0 Å². The second-order valence-electron chi connectivity index (χ2n) is 11.0. The molecule has 0 spiro atoms. The van der Waals surface area contributed by atoms with E-state index in [2.05, 4.69) is 176 Å². The number of halogens is 2. The number of imidazole rings is 2. The molecule has 8 aromatic rings. The predicted octanol–water partition coefficient (Wildman–Crippen LogP) is 0.158. The molecule has 8 rings (SSSR count). The molecular weight excluding hydrogens is 695 g/mol. The number of hydrogen-bond donors (Lipinski definition) is 0. The first-order chi connectivity index (χ1) is 21.7. The maximum atomic E-state index is 2.41. The molecule has 0 aliphatic heterocycles. The van der Waals surface area contributed by atoms with Gasteiger partial charge in [-0.3, -0.25) is 0 Å². The van der Waals surface area contributed by atoms with Crippen molar-refractivity contribution in [2.75, 3.05) is 0 Å². The van der Waals surface area contributed by atoms with E-state index in [1.165, 1.54) is 55.0 Å². The highest BCUT2D eigenvalue weighted by molar-refractivity contribution is 7.15. The van der Waals surface area contributed by atoms with Crippen molar-refractivity contribution in [1.82, 2.24) is 8.80 Å². The molecule has 0 amide bonds. The zero-order valence-electron chi connectivity index (χ0n) is 27.1. The summed E-state index contributed by atoms with van der Waals surface area (Å²) in [5.74, 6) is 0. The molecule has 11 heteroatoms. The predicted molar refractivity (Wildman–Crippen MR) is 193 cm³/mol. The van der Waals surface area contributed by atoms with E-state index >= 15 is 0 Å². The van der Waals surface area contributed by atoms with Crippen molar-refractivity contribution < 1.29 is 50.4 Å². The van der Waals surface area contributed by atoms with E-state index in [4.69, 9.17) is 0 Å². The Morgan fingerprint density at radius 3 is 1.10 bits per heavy atom. The van der Waals surface area contributed by atoms with Crippen LogP contribution < -0.4 is 33.9 Å². The smallest absolute Gasteiger partial charge is 0.346 e. The molecule has 6 N–H and O–H groups in total. The Morgan fingerprint density at radius 2 is 0.776 bits per heavy atom. The van der Waals surface area contributed by atoms with Crippen molar-refractivity contribution in [3.05, 3.63) is 167 Å². The first-order valence-corrected chi connectivity index (χ1v) is 16.6. The molecule has 4 aromatic heterocycles. The van der Waals surface area contributed by atoms with Gasteiger partial charge in [0, 0.05) is 21.9 Å². The number of benzene rings is 4. The van der Waals surface area contributed by atoms with Crippen LogP contribution in [0.2, 0.25) is 0 Å². The number of rotatable bonds is 6. The van der Waals surface area contributed by atoms with E-state index in [-0.39, 0.29) is 41.2 Å². The lowest BCUT2D eigenvalue weighted by Crippen LogP contribution is -3.00. The van der Waals surface area contributed by atoms with Crippen LogP contribution in [0.25, 0.3) is 32.4 Å². The van der Waals surface area contributed by atoms with Crippen LogP contribution in [0.4, 0.5) is 0 Å². The molecule has 0 aliphatic rings. The second-order valence-corrected chi connectivity index (χ2v) is 12.6. The van der Waals surface area contributed by atoms with E-state index in [0.29, 0.717) is 0 Å². The molecule has 256 valence electrons. The molecule has 0 bridgehead atoms. The van der Waals surface area contributed by atoms with Gasteiger partial charge in [-0.15, -0.1) is 0 Å². The Balaban J connectivity index is 0.000000309. The fraction of sp³-hybridized carbons (Fsp3) is 0.105. The van der Waals surface area contributed by atoms with Gasteiger partial charge < -0.3 is 41.2 Å². The summed E-state index contributed by atoms with van der Waals surface area (Å²) < 4.78 is 9.39. The lowest BCUT2D eigenvalue weighted by molar-refractivity contribution is -0.649.